The van der Waals surface area contributed by atoms with E-state index in [0.717, 1.165) is 25.1 Å². The minimum atomic E-state index is 0.194. The lowest BCUT2D eigenvalue weighted by Crippen LogP contribution is -2.47. The van der Waals surface area contributed by atoms with Crippen LogP contribution in [0, 0.1) is 0 Å². The molecule has 1 saturated heterocycles. The summed E-state index contributed by atoms with van der Waals surface area (Å²) in [5.41, 5.74) is 4.30. The van der Waals surface area contributed by atoms with E-state index < -0.39 is 0 Å². The van der Waals surface area contributed by atoms with Crippen LogP contribution in [0.1, 0.15) is 18.4 Å². The first-order valence-corrected chi connectivity index (χ1v) is 5.96. The molecule has 0 unspecified atom stereocenters. The molecule has 1 N–H and O–H groups in total. The summed E-state index contributed by atoms with van der Waals surface area (Å²) >= 11 is 0. The number of nitrogens with one attached hydrogen (secondary N) is 1. The van der Waals surface area contributed by atoms with Gasteiger partial charge in [0.05, 0.1) is 7.11 Å². The van der Waals surface area contributed by atoms with Crippen LogP contribution in [0.3, 0.4) is 0 Å². The summed E-state index contributed by atoms with van der Waals surface area (Å²) in [6.45, 7) is 1.61. The van der Waals surface area contributed by atoms with Crippen molar-refractivity contribution in [1.82, 2.24) is 10.4 Å². The average Bonchev–Trinajstić information content (AvgIpc) is 2.38. The number of hydrogen-bond donors (Lipinski definition) is 1. The van der Waals surface area contributed by atoms with Gasteiger partial charge < -0.3 is 4.74 Å². The topological polar surface area (TPSA) is 41.6 Å². The van der Waals surface area contributed by atoms with Gasteiger partial charge in [-0.2, -0.15) is 0 Å². The summed E-state index contributed by atoms with van der Waals surface area (Å²) in [6.07, 6.45) is 2.44. The normalized spacial score (nSPS) is 16.1. The van der Waals surface area contributed by atoms with Crippen LogP contribution in [0.15, 0.2) is 24.3 Å². The summed E-state index contributed by atoms with van der Waals surface area (Å²) in [6, 6.07) is 7.96. The van der Waals surface area contributed by atoms with E-state index in [1.54, 1.807) is 12.1 Å². The van der Waals surface area contributed by atoms with E-state index in [1.165, 1.54) is 5.56 Å². The predicted molar refractivity (Wildman–Crippen MR) is 65.6 cm³/mol. The Hall–Kier alpha value is -1.55. The summed E-state index contributed by atoms with van der Waals surface area (Å²) in [7, 11) is 1.66. The molecule has 0 spiro atoms. The fourth-order valence-electron chi connectivity index (χ4n) is 1.95. The van der Waals surface area contributed by atoms with Gasteiger partial charge in [0.25, 0.3) is 0 Å². The smallest absolute Gasteiger partial charge is 0.236 e. The van der Waals surface area contributed by atoms with Gasteiger partial charge in [0.15, 0.2) is 0 Å². The van der Waals surface area contributed by atoms with E-state index in [0.29, 0.717) is 13.0 Å². The number of hydrogen-bond acceptors (Lipinski definition) is 3. The molecule has 1 heterocycles. The van der Waals surface area contributed by atoms with E-state index in [4.69, 9.17) is 4.74 Å². The molecule has 4 heteroatoms. The Balaban J connectivity index is 1.90. The molecule has 0 bridgehead atoms. The van der Waals surface area contributed by atoms with Crippen LogP contribution >= 0.6 is 0 Å². The number of amides is 1. The molecule has 1 fully saturated rings. The van der Waals surface area contributed by atoms with Crippen LogP contribution in [-0.4, -0.2) is 31.1 Å². The second-order valence-corrected chi connectivity index (χ2v) is 4.16. The zero-order valence-electron chi connectivity index (χ0n) is 10.1. The Morgan fingerprint density at radius 3 is 3.12 bits per heavy atom. The van der Waals surface area contributed by atoms with Crippen LogP contribution in [0.4, 0.5) is 0 Å². The molecule has 1 aliphatic rings. The zero-order valence-corrected chi connectivity index (χ0v) is 10.1. The molecule has 0 atom stereocenters. The van der Waals surface area contributed by atoms with Crippen molar-refractivity contribution in [2.45, 2.75) is 19.3 Å². The summed E-state index contributed by atoms with van der Waals surface area (Å²) in [5, 5.41) is 1.73. The molecular weight excluding hydrogens is 216 g/mol. The summed E-state index contributed by atoms with van der Waals surface area (Å²) in [5.74, 6) is 1.06. The minimum Gasteiger partial charge on any atom is -0.497 e. The predicted octanol–water partition coefficient (Wildman–Crippen LogP) is 1.36. The molecule has 2 rings (SSSR count). The zero-order chi connectivity index (χ0) is 12.1. The average molecular weight is 234 g/mol. The van der Waals surface area contributed by atoms with Crippen molar-refractivity contribution in [2.75, 3.05) is 20.2 Å². The van der Waals surface area contributed by atoms with Crippen molar-refractivity contribution in [2.24, 2.45) is 0 Å². The number of rotatable bonds is 4. The Morgan fingerprint density at radius 1 is 1.47 bits per heavy atom. The van der Waals surface area contributed by atoms with Crippen molar-refractivity contribution in [3.63, 3.8) is 0 Å². The van der Waals surface area contributed by atoms with Gasteiger partial charge in [-0.25, -0.2) is 5.43 Å². The van der Waals surface area contributed by atoms with E-state index in [2.05, 4.69) is 11.5 Å². The molecule has 92 valence electrons. The lowest BCUT2D eigenvalue weighted by Gasteiger charge is -2.27. The Morgan fingerprint density at radius 2 is 2.35 bits per heavy atom. The molecule has 1 aromatic carbocycles. The Labute approximate surface area is 102 Å². The number of benzene rings is 1. The van der Waals surface area contributed by atoms with Crippen LogP contribution in [0.5, 0.6) is 5.75 Å². The number of nitrogens with zero attached hydrogens (tertiary/aromatic N) is 1. The molecule has 1 aromatic rings. The highest BCUT2D eigenvalue weighted by atomic mass is 16.5. The van der Waals surface area contributed by atoms with E-state index in [-0.39, 0.29) is 5.91 Å². The van der Waals surface area contributed by atoms with Gasteiger partial charge in [0.1, 0.15) is 5.75 Å². The second-order valence-electron chi connectivity index (χ2n) is 4.16. The number of ether oxygens (including phenoxy) is 1. The highest BCUT2D eigenvalue weighted by molar-refractivity contribution is 5.76. The third-order valence-corrected chi connectivity index (χ3v) is 2.93. The van der Waals surface area contributed by atoms with Crippen LogP contribution in [0.2, 0.25) is 0 Å². The Kier molecular flexibility index (Phi) is 3.98. The molecule has 0 aromatic heterocycles. The molecule has 0 radical (unpaired) electrons. The maximum atomic E-state index is 11.6. The Bertz CT molecular complexity index is 393. The molecule has 1 amide bonds. The molecule has 1 aliphatic heterocycles. The van der Waals surface area contributed by atoms with Gasteiger partial charge >= 0.3 is 0 Å². The molecule has 4 nitrogen and oxygen atoms in total. The van der Waals surface area contributed by atoms with Gasteiger partial charge in [0.2, 0.25) is 5.91 Å². The lowest BCUT2D eigenvalue weighted by molar-refractivity contribution is -0.136. The number of carbonyl (C=O) groups excluding carboxylic acids is 1. The number of methoxy groups -OCH3 is 1. The SMILES string of the molecule is COc1cccc(CCN2NCCCC2=O)c1. The van der Waals surface area contributed by atoms with Gasteiger partial charge in [-0.05, 0) is 30.5 Å². The second kappa shape index (κ2) is 5.68. The van der Waals surface area contributed by atoms with Gasteiger partial charge in [-0.15, -0.1) is 0 Å². The maximum absolute atomic E-state index is 11.6. The monoisotopic (exact) mass is 234 g/mol. The quantitative estimate of drug-likeness (QED) is 0.855. The van der Waals surface area contributed by atoms with Crippen molar-refractivity contribution in [1.29, 1.82) is 0 Å². The van der Waals surface area contributed by atoms with Gasteiger partial charge in [0, 0.05) is 19.5 Å². The van der Waals surface area contributed by atoms with Gasteiger partial charge in [-0.3, -0.25) is 9.80 Å². The van der Waals surface area contributed by atoms with Crippen LogP contribution in [0.25, 0.3) is 0 Å². The van der Waals surface area contributed by atoms with E-state index in [1.807, 2.05) is 18.2 Å². The maximum Gasteiger partial charge on any atom is 0.236 e. The first-order valence-electron chi connectivity index (χ1n) is 5.96. The van der Waals surface area contributed by atoms with E-state index >= 15 is 0 Å². The van der Waals surface area contributed by atoms with Crippen molar-refractivity contribution in [3.05, 3.63) is 29.8 Å². The van der Waals surface area contributed by atoms with Gasteiger partial charge in [-0.1, -0.05) is 12.1 Å². The van der Waals surface area contributed by atoms with Crippen LogP contribution < -0.4 is 10.2 Å². The summed E-state index contributed by atoms with van der Waals surface area (Å²) in [4.78, 5) is 11.6. The summed E-state index contributed by atoms with van der Waals surface area (Å²) < 4.78 is 5.17. The van der Waals surface area contributed by atoms with Crippen LogP contribution in [-0.2, 0) is 11.2 Å². The molecule has 0 saturated carbocycles. The minimum absolute atomic E-state index is 0.194. The van der Waals surface area contributed by atoms with Crippen molar-refractivity contribution >= 4 is 5.91 Å². The highest BCUT2D eigenvalue weighted by Gasteiger charge is 2.16. The standard InChI is InChI=1S/C13H18N2O2/c1-17-12-5-2-4-11(10-12)7-9-15-13(16)6-3-8-14-15/h2,4-5,10,14H,3,6-9H2,1H3. The molecule has 17 heavy (non-hydrogen) atoms. The first kappa shape index (κ1) is 11.9. The third-order valence-electron chi connectivity index (χ3n) is 2.93. The fraction of sp³-hybridized carbons (Fsp3) is 0.462. The highest BCUT2D eigenvalue weighted by Crippen LogP contribution is 2.13. The third kappa shape index (κ3) is 3.20. The number of hydrazine groups is 1. The lowest BCUT2D eigenvalue weighted by atomic mass is 10.1. The first-order chi connectivity index (χ1) is 8.29. The molecular formula is C13H18N2O2. The number of carbonyl (C=O) groups is 1. The molecule has 0 aliphatic carbocycles. The largest absolute Gasteiger partial charge is 0.497 e. The van der Waals surface area contributed by atoms with Crippen molar-refractivity contribution in [3.8, 4) is 5.75 Å². The van der Waals surface area contributed by atoms with E-state index in [9.17, 15) is 4.79 Å². The fourth-order valence-corrected chi connectivity index (χ4v) is 1.95. The van der Waals surface area contributed by atoms with Crippen molar-refractivity contribution < 1.29 is 9.53 Å².